The molecule has 1 aliphatic heterocycles. The van der Waals surface area contributed by atoms with Gasteiger partial charge in [0.2, 0.25) is 0 Å². The Morgan fingerprint density at radius 3 is 2.83 bits per heavy atom. The first-order valence-electron chi connectivity index (χ1n) is 6.67. The van der Waals surface area contributed by atoms with Crippen LogP contribution in [0.15, 0.2) is 18.3 Å². The topological polar surface area (TPSA) is 45.2 Å². The molecule has 1 fully saturated rings. The molecule has 4 heteroatoms. The number of anilines is 1. The van der Waals surface area contributed by atoms with Gasteiger partial charge in [0, 0.05) is 31.9 Å². The van der Waals surface area contributed by atoms with Crippen LogP contribution in [0, 0.1) is 5.92 Å². The van der Waals surface area contributed by atoms with Crippen molar-refractivity contribution in [2.75, 3.05) is 25.5 Å². The van der Waals surface area contributed by atoms with Crippen LogP contribution in [0.2, 0.25) is 0 Å². The number of pyridine rings is 1. The Morgan fingerprint density at radius 2 is 2.22 bits per heavy atom. The number of amides is 1. The number of hydrogen-bond donors (Lipinski definition) is 1. The molecular formula is C14H21N3O. The van der Waals surface area contributed by atoms with Gasteiger partial charge in [0.05, 0.1) is 0 Å². The molecule has 4 nitrogen and oxygen atoms in total. The van der Waals surface area contributed by atoms with Crippen molar-refractivity contribution in [1.82, 2.24) is 9.88 Å². The number of piperidine rings is 1. The highest BCUT2D eigenvalue weighted by Gasteiger charge is 2.22. The minimum absolute atomic E-state index is 0.128. The van der Waals surface area contributed by atoms with Gasteiger partial charge in [-0.15, -0.1) is 0 Å². The first-order valence-corrected chi connectivity index (χ1v) is 6.67. The van der Waals surface area contributed by atoms with Gasteiger partial charge in [-0.2, -0.15) is 0 Å². The zero-order valence-corrected chi connectivity index (χ0v) is 11.1. The fourth-order valence-electron chi connectivity index (χ4n) is 2.43. The summed E-state index contributed by atoms with van der Waals surface area (Å²) < 4.78 is 0. The first-order chi connectivity index (χ1) is 8.74. The minimum Gasteiger partial charge on any atom is -0.373 e. The number of likely N-dealkylation sites (tertiary alicyclic amines) is 1. The van der Waals surface area contributed by atoms with E-state index in [-0.39, 0.29) is 5.91 Å². The molecule has 0 aromatic carbocycles. The Bertz CT molecular complexity index is 411. The molecule has 1 aromatic heterocycles. The van der Waals surface area contributed by atoms with Gasteiger partial charge in [0.15, 0.2) is 0 Å². The van der Waals surface area contributed by atoms with E-state index in [9.17, 15) is 4.79 Å². The van der Waals surface area contributed by atoms with Crippen LogP contribution in [-0.4, -0.2) is 35.9 Å². The van der Waals surface area contributed by atoms with Gasteiger partial charge in [-0.05, 0) is 30.9 Å². The summed E-state index contributed by atoms with van der Waals surface area (Å²) in [5.74, 6) is 1.66. The SMILES string of the molecule is CCC1CCN(C(=O)c2ccnc(NC)c2)CC1. The molecule has 1 aromatic rings. The van der Waals surface area contributed by atoms with Crippen molar-refractivity contribution < 1.29 is 4.79 Å². The highest BCUT2D eigenvalue weighted by molar-refractivity contribution is 5.94. The van der Waals surface area contributed by atoms with Crippen LogP contribution in [0.3, 0.4) is 0 Å². The van der Waals surface area contributed by atoms with Crippen molar-refractivity contribution in [3.05, 3.63) is 23.9 Å². The lowest BCUT2D eigenvalue weighted by Gasteiger charge is -2.31. The van der Waals surface area contributed by atoms with Crippen LogP contribution in [-0.2, 0) is 0 Å². The molecule has 0 atom stereocenters. The second kappa shape index (κ2) is 5.85. The van der Waals surface area contributed by atoms with Gasteiger partial charge in [-0.1, -0.05) is 13.3 Å². The predicted octanol–water partition coefficient (Wildman–Crippen LogP) is 2.39. The molecule has 1 aliphatic rings. The van der Waals surface area contributed by atoms with Crippen LogP contribution >= 0.6 is 0 Å². The smallest absolute Gasteiger partial charge is 0.254 e. The molecule has 1 saturated heterocycles. The Balaban J connectivity index is 2.03. The zero-order valence-electron chi connectivity index (χ0n) is 11.1. The summed E-state index contributed by atoms with van der Waals surface area (Å²) in [6.45, 7) is 3.99. The highest BCUT2D eigenvalue weighted by atomic mass is 16.2. The lowest BCUT2D eigenvalue weighted by atomic mass is 9.94. The van der Waals surface area contributed by atoms with E-state index in [4.69, 9.17) is 0 Å². The average molecular weight is 247 g/mol. The van der Waals surface area contributed by atoms with Crippen molar-refractivity contribution in [2.45, 2.75) is 26.2 Å². The maximum Gasteiger partial charge on any atom is 0.254 e. The molecule has 0 aliphatic carbocycles. The summed E-state index contributed by atoms with van der Waals surface area (Å²) in [6.07, 6.45) is 5.16. The normalized spacial score (nSPS) is 16.7. The minimum atomic E-state index is 0.128. The van der Waals surface area contributed by atoms with Gasteiger partial charge in [-0.3, -0.25) is 4.79 Å². The monoisotopic (exact) mass is 247 g/mol. The molecule has 0 spiro atoms. The summed E-state index contributed by atoms with van der Waals surface area (Å²) in [5.41, 5.74) is 0.726. The first kappa shape index (κ1) is 12.9. The molecule has 0 radical (unpaired) electrons. The molecule has 0 bridgehead atoms. The van der Waals surface area contributed by atoms with Crippen LogP contribution < -0.4 is 5.32 Å². The van der Waals surface area contributed by atoms with E-state index in [0.29, 0.717) is 0 Å². The van der Waals surface area contributed by atoms with Gasteiger partial charge in [0.25, 0.3) is 5.91 Å². The Kier molecular flexibility index (Phi) is 4.18. The van der Waals surface area contributed by atoms with E-state index < -0.39 is 0 Å². The van der Waals surface area contributed by atoms with Crippen molar-refractivity contribution in [2.24, 2.45) is 5.92 Å². The summed E-state index contributed by atoms with van der Waals surface area (Å²) in [6, 6.07) is 3.60. The van der Waals surface area contributed by atoms with Gasteiger partial charge >= 0.3 is 0 Å². The van der Waals surface area contributed by atoms with Crippen molar-refractivity contribution >= 4 is 11.7 Å². The molecule has 0 unspecified atom stereocenters. The van der Waals surface area contributed by atoms with E-state index in [1.54, 1.807) is 12.3 Å². The van der Waals surface area contributed by atoms with Gasteiger partial charge in [0.1, 0.15) is 5.82 Å². The Morgan fingerprint density at radius 1 is 1.50 bits per heavy atom. The summed E-state index contributed by atoms with van der Waals surface area (Å²) in [7, 11) is 1.81. The highest BCUT2D eigenvalue weighted by Crippen LogP contribution is 2.21. The van der Waals surface area contributed by atoms with Crippen molar-refractivity contribution in [3.8, 4) is 0 Å². The lowest BCUT2D eigenvalue weighted by Crippen LogP contribution is -2.38. The number of carbonyl (C=O) groups is 1. The zero-order chi connectivity index (χ0) is 13.0. The Hall–Kier alpha value is -1.58. The lowest BCUT2D eigenvalue weighted by molar-refractivity contribution is 0.0689. The second-order valence-electron chi connectivity index (χ2n) is 4.82. The fraction of sp³-hybridized carbons (Fsp3) is 0.571. The summed E-state index contributed by atoms with van der Waals surface area (Å²) in [4.78, 5) is 18.4. The number of aromatic nitrogens is 1. The number of carbonyl (C=O) groups excluding carboxylic acids is 1. The second-order valence-corrected chi connectivity index (χ2v) is 4.82. The van der Waals surface area contributed by atoms with Gasteiger partial charge in [-0.25, -0.2) is 4.98 Å². The largest absolute Gasteiger partial charge is 0.373 e. The van der Waals surface area contributed by atoms with E-state index in [1.807, 2.05) is 18.0 Å². The van der Waals surface area contributed by atoms with E-state index in [1.165, 1.54) is 6.42 Å². The number of hydrogen-bond acceptors (Lipinski definition) is 3. The molecule has 1 N–H and O–H groups in total. The van der Waals surface area contributed by atoms with Crippen LogP contribution in [0.1, 0.15) is 36.5 Å². The molecule has 0 saturated carbocycles. The number of nitrogens with one attached hydrogen (secondary N) is 1. The standard InChI is InChI=1S/C14H21N3O/c1-3-11-5-8-17(9-6-11)14(18)12-4-7-16-13(10-12)15-2/h4,7,10-11H,3,5-6,8-9H2,1-2H3,(H,15,16). The molecular weight excluding hydrogens is 226 g/mol. The maximum atomic E-state index is 12.3. The molecule has 2 heterocycles. The fourth-order valence-corrected chi connectivity index (χ4v) is 2.43. The van der Waals surface area contributed by atoms with E-state index >= 15 is 0 Å². The maximum absolute atomic E-state index is 12.3. The third-order valence-corrected chi connectivity index (χ3v) is 3.74. The predicted molar refractivity (Wildman–Crippen MR) is 72.7 cm³/mol. The molecule has 18 heavy (non-hydrogen) atoms. The third-order valence-electron chi connectivity index (χ3n) is 3.74. The molecule has 2 rings (SSSR count). The van der Waals surface area contributed by atoms with Crippen molar-refractivity contribution in [1.29, 1.82) is 0 Å². The summed E-state index contributed by atoms with van der Waals surface area (Å²) in [5, 5.41) is 2.96. The van der Waals surface area contributed by atoms with Crippen LogP contribution in [0.5, 0.6) is 0 Å². The van der Waals surface area contributed by atoms with Crippen LogP contribution in [0.25, 0.3) is 0 Å². The quantitative estimate of drug-likeness (QED) is 0.892. The average Bonchev–Trinajstić information content (AvgIpc) is 2.46. The molecule has 98 valence electrons. The number of rotatable bonds is 3. The van der Waals surface area contributed by atoms with Crippen molar-refractivity contribution in [3.63, 3.8) is 0 Å². The summed E-state index contributed by atoms with van der Waals surface area (Å²) >= 11 is 0. The third kappa shape index (κ3) is 2.81. The van der Waals surface area contributed by atoms with E-state index in [2.05, 4.69) is 17.2 Å². The van der Waals surface area contributed by atoms with Gasteiger partial charge < -0.3 is 10.2 Å². The van der Waals surface area contributed by atoms with Crippen LogP contribution in [0.4, 0.5) is 5.82 Å². The number of nitrogens with zero attached hydrogens (tertiary/aromatic N) is 2. The van der Waals surface area contributed by atoms with E-state index in [0.717, 1.165) is 43.2 Å². The Labute approximate surface area is 108 Å². The molecule has 1 amide bonds.